The van der Waals surface area contributed by atoms with Gasteiger partial charge < -0.3 is 15.4 Å². The van der Waals surface area contributed by atoms with Gasteiger partial charge in [0.15, 0.2) is 0 Å². The molecule has 180 valence electrons. The SMILES string of the molecule is Cn1ncc2c(N)nc3cnc(C(=O)N4CCO[C@@H]5Cc6cc(C(F)(F)F)cc(F)c6[C@@H]54)cc3c21. The predicted molar refractivity (Wildman–Crippen MR) is 117 cm³/mol. The van der Waals surface area contributed by atoms with Crippen LogP contribution in [0.25, 0.3) is 21.8 Å². The molecule has 3 aromatic heterocycles. The third-order valence-electron chi connectivity index (χ3n) is 6.69. The normalized spacial score (nSPS) is 19.9. The molecule has 8 nitrogen and oxygen atoms in total. The molecule has 4 heterocycles. The summed E-state index contributed by atoms with van der Waals surface area (Å²) in [5, 5.41) is 5.46. The number of anilines is 1. The smallest absolute Gasteiger partial charge is 0.383 e. The van der Waals surface area contributed by atoms with Crippen LogP contribution in [-0.4, -0.2) is 49.8 Å². The Balaban J connectivity index is 1.43. The van der Waals surface area contributed by atoms with Crippen molar-refractivity contribution in [3.63, 3.8) is 0 Å². The number of carbonyl (C=O) groups excluding carboxylic acids is 1. The van der Waals surface area contributed by atoms with Gasteiger partial charge in [-0.05, 0) is 23.8 Å². The molecule has 1 aliphatic heterocycles. The van der Waals surface area contributed by atoms with Crippen molar-refractivity contribution in [1.82, 2.24) is 24.6 Å². The first-order chi connectivity index (χ1) is 16.6. The van der Waals surface area contributed by atoms with Gasteiger partial charge in [-0.2, -0.15) is 18.3 Å². The monoisotopic (exact) mass is 486 g/mol. The average molecular weight is 486 g/mol. The number of fused-ring (bicyclic) bond motifs is 6. The van der Waals surface area contributed by atoms with Gasteiger partial charge in [-0.1, -0.05) is 0 Å². The lowest BCUT2D eigenvalue weighted by atomic mass is 10.0. The first-order valence-electron chi connectivity index (χ1n) is 10.8. The molecule has 0 spiro atoms. The summed E-state index contributed by atoms with van der Waals surface area (Å²) in [5.74, 6) is -1.20. The highest BCUT2D eigenvalue weighted by molar-refractivity contribution is 6.09. The number of rotatable bonds is 1. The number of nitrogen functional groups attached to an aromatic ring is 1. The number of alkyl halides is 3. The quantitative estimate of drug-likeness (QED) is 0.414. The van der Waals surface area contributed by atoms with E-state index >= 15 is 0 Å². The number of pyridine rings is 2. The van der Waals surface area contributed by atoms with Crippen molar-refractivity contribution in [2.45, 2.75) is 24.7 Å². The van der Waals surface area contributed by atoms with Crippen LogP contribution in [0.3, 0.4) is 0 Å². The van der Waals surface area contributed by atoms with Gasteiger partial charge in [0.25, 0.3) is 5.91 Å². The molecule has 12 heteroatoms. The van der Waals surface area contributed by atoms with Gasteiger partial charge in [0, 0.05) is 31.0 Å². The molecular formula is C23H18F4N6O2. The minimum atomic E-state index is -4.68. The van der Waals surface area contributed by atoms with E-state index in [0.29, 0.717) is 27.9 Å². The largest absolute Gasteiger partial charge is 0.416 e. The zero-order valence-electron chi connectivity index (χ0n) is 18.3. The van der Waals surface area contributed by atoms with Gasteiger partial charge in [0.2, 0.25) is 0 Å². The molecule has 0 saturated carbocycles. The van der Waals surface area contributed by atoms with Gasteiger partial charge in [-0.15, -0.1) is 0 Å². The highest BCUT2D eigenvalue weighted by Gasteiger charge is 2.45. The maximum Gasteiger partial charge on any atom is 0.416 e. The third-order valence-corrected chi connectivity index (χ3v) is 6.69. The number of amides is 1. The third kappa shape index (κ3) is 3.23. The van der Waals surface area contributed by atoms with Crippen molar-refractivity contribution in [2.24, 2.45) is 7.05 Å². The zero-order valence-corrected chi connectivity index (χ0v) is 18.3. The van der Waals surface area contributed by atoms with Crippen LogP contribution in [0, 0.1) is 5.82 Å². The van der Waals surface area contributed by atoms with Crippen molar-refractivity contribution in [3.05, 3.63) is 58.8 Å². The van der Waals surface area contributed by atoms with E-state index in [9.17, 15) is 22.4 Å². The second-order valence-electron chi connectivity index (χ2n) is 8.70. The standard InChI is InChI=1S/C23H18F4N6O2/c1-32-19-12-7-15(29-9-16(12)31-21(28)13(19)8-30-32)22(34)33-2-3-35-17-5-10-4-11(23(25,26)27)6-14(24)18(10)20(17)33/h4,6-9,17,20H,2-3,5H2,1H3,(H2,28,31)/t17-,20-/m1/s1. The second-order valence-corrected chi connectivity index (χ2v) is 8.70. The van der Waals surface area contributed by atoms with E-state index in [1.165, 1.54) is 11.1 Å². The van der Waals surface area contributed by atoms with Crippen LogP contribution in [0.1, 0.15) is 33.2 Å². The minimum absolute atomic E-state index is 0.0558. The van der Waals surface area contributed by atoms with Gasteiger partial charge in [0.05, 0.1) is 53.1 Å². The van der Waals surface area contributed by atoms with Crippen LogP contribution in [-0.2, 0) is 24.4 Å². The molecule has 35 heavy (non-hydrogen) atoms. The van der Waals surface area contributed by atoms with E-state index in [4.69, 9.17) is 10.5 Å². The highest BCUT2D eigenvalue weighted by Crippen LogP contribution is 2.44. The molecular weight excluding hydrogens is 468 g/mol. The van der Waals surface area contributed by atoms with Crippen molar-refractivity contribution >= 4 is 33.5 Å². The number of morpholine rings is 1. The van der Waals surface area contributed by atoms with Gasteiger partial charge >= 0.3 is 6.18 Å². The number of aryl methyl sites for hydroxylation is 1. The molecule has 1 saturated heterocycles. The summed E-state index contributed by atoms with van der Waals surface area (Å²) in [6, 6.07) is 2.14. The molecule has 1 fully saturated rings. The number of ether oxygens (including phenoxy) is 1. The Hall–Kier alpha value is -3.80. The summed E-state index contributed by atoms with van der Waals surface area (Å²) in [6.07, 6.45) is -2.23. The van der Waals surface area contributed by atoms with E-state index in [-0.39, 0.29) is 42.2 Å². The van der Waals surface area contributed by atoms with Crippen molar-refractivity contribution in [3.8, 4) is 0 Å². The molecule has 1 aliphatic carbocycles. The van der Waals surface area contributed by atoms with Crippen LogP contribution in [0.15, 0.2) is 30.6 Å². The molecule has 2 atom stereocenters. The Labute approximate surface area is 195 Å². The minimum Gasteiger partial charge on any atom is -0.383 e. The Bertz CT molecular complexity index is 1530. The molecule has 0 radical (unpaired) electrons. The Kier molecular flexibility index (Phi) is 4.56. The predicted octanol–water partition coefficient (Wildman–Crippen LogP) is 3.40. The number of carbonyl (C=O) groups is 1. The maximum absolute atomic E-state index is 15.0. The van der Waals surface area contributed by atoms with Crippen LogP contribution in [0.5, 0.6) is 0 Å². The Morgan fingerprint density at radius 2 is 2.00 bits per heavy atom. The van der Waals surface area contributed by atoms with Crippen LogP contribution in [0.4, 0.5) is 23.4 Å². The number of nitrogens with two attached hydrogens (primary N) is 1. The lowest BCUT2D eigenvalue weighted by Gasteiger charge is -2.38. The van der Waals surface area contributed by atoms with E-state index in [1.807, 2.05) is 0 Å². The van der Waals surface area contributed by atoms with E-state index in [2.05, 4.69) is 15.1 Å². The highest BCUT2D eigenvalue weighted by atomic mass is 19.4. The number of aromatic nitrogens is 4. The number of nitrogens with zero attached hydrogens (tertiary/aromatic N) is 5. The maximum atomic E-state index is 15.0. The van der Waals surface area contributed by atoms with Gasteiger partial charge in [-0.25, -0.2) is 14.4 Å². The van der Waals surface area contributed by atoms with Crippen LogP contribution in [0.2, 0.25) is 0 Å². The first-order valence-corrected chi connectivity index (χ1v) is 10.8. The summed E-state index contributed by atoms with van der Waals surface area (Å²) in [4.78, 5) is 23.6. The molecule has 1 amide bonds. The second kappa shape index (κ2) is 7.35. The molecule has 1 aromatic carbocycles. The molecule has 4 aromatic rings. The summed E-state index contributed by atoms with van der Waals surface area (Å²) in [5.41, 5.74) is 6.45. The topological polar surface area (TPSA) is 99.2 Å². The fraction of sp³-hybridized carbons (Fsp3) is 0.304. The number of hydrogen-bond acceptors (Lipinski definition) is 6. The Morgan fingerprint density at radius 1 is 1.20 bits per heavy atom. The number of halogens is 4. The molecule has 0 unspecified atom stereocenters. The molecule has 6 rings (SSSR count). The molecule has 2 aliphatic rings. The fourth-order valence-corrected chi connectivity index (χ4v) is 5.15. The molecule has 2 N–H and O–H groups in total. The lowest BCUT2D eigenvalue weighted by molar-refractivity contribution is -0.137. The van der Waals surface area contributed by atoms with E-state index in [1.54, 1.807) is 24.0 Å². The summed E-state index contributed by atoms with van der Waals surface area (Å²) in [7, 11) is 1.74. The fourth-order valence-electron chi connectivity index (χ4n) is 5.15. The number of benzene rings is 1. The van der Waals surface area contributed by atoms with E-state index < -0.39 is 35.6 Å². The van der Waals surface area contributed by atoms with Crippen molar-refractivity contribution < 1.29 is 27.1 Å². The van der Waals surface area contributed by atoms with Crippen molar-refractivity contribution in [1.29, 1.82) is 0 Å². The van der Waals surface area contributed by atoms with E-state index in [0.717, 1.165) is 6.07 Å². The van der Waals surface area contributed by atoms with Crippen molar-refractivity contribution in [2.75, 3.05) is 18.9 Å². The zero-order chi connectivity index (χ0) is 24.6. The number of hydrogen-bond donors (Lipinski definition) is 1. The summed E-state index contributed by atoms with van der Waals surface area (Å²) >= 11 is 0. The average Bonchev–Trinajstić information content (AvgIpc) is 3.39. The summed E-state index contributed by atoms with van der Waals surface area (Å²) in [6.45, 7) is 0.313. The van der Waals surface area contributed by atoms with Crippen LogP contribution >= 0.6 is 0 Å². The Morgan fingerprint density at radius 3 is 2.77 bits per heavy atom. The molecule has 0 bridgehead atoms. The van der Waals surface area contributed by atoms with Crippen LogP contribution < -0.4 is 5.73 Å². The first kappa shape index (κ1) is 21.7. The van der Waals surface area contributed by atoms with Gasteiger partial charge in [-0.3, -0.25) is 9.48 Å². The van der Waals surface area contributed by atoms with Gasteiger partial charge in [0.1, 0.15) is 17.3 Å². The lowest BCUT2D eigenvalue weighted by Crippen LogP contribution is -2.47. The summed E-state index contributed by atoms with van der Waals surface area (Å²) < 4.78 is 62.0.